The maximum Gasteiger partial charge on any atom is 0.408 e. The van der Waals surface area contributed by atoms with Crippen molar-refractivity contribution in [3.05, 3.63) is 64.7 Å². The van der Waals surface area contributed by atoms with E-state index in [4.69, 9.17) is 10.5 Å². The van der Waals surface area contributed by atoms with Gasteiger partial charge in [-0.15, -0.1) is 0 Å². The number of alkyl carbamates (subject to hydrolysis) is 1. The Morgan fingerprint density at radius 2 is 1.41 bits per heavy atom. The standard InChI is InChI=1S/C28H39N3O5.C5H11NO2/c1-18-15-22(32)16-19(2)23(18)17-24(31-27(35)36-28(4,5)6)26(34)30-20(3)25(33)29-14-10-13-21-11-8-7-9-12-21;1-5(2,3)8-4(6)7/h7-9,11-12,15-16,20,24,32H,10,13-14,17H2,1-6H3,(H,29,33)(H,30,34)(H,31,35);1-3H3,(H2,6,7). The van der Waals surface area contributed by atoms with Crippen molar-refractivity contribution in [2.45, 2.75) is 105 Å². The van der Waals surface area contributed by atoms with Gasteiger partial charge in [-0.05, 0) is 110 Å². The van der Waals surface area contributed by atoms with Gasteiger partial charge in [0.1, 0.15) is 29.0 Å². The van der Waals surface area contributed by atoms with Crippen LogP contribution in [0.25, 0.3) is 0 Å². The fourth-order valence-corrected chi connectivity index (χ4v) is 4.14. The van der Waals surface area contributed by atoms with Crippen molar-refractivity contribution in [1.82, 2.24) is 16.0 Å². The summed E-state index contributed by atoms with van der Waals surface area (Å²) >= 11 is 0. The summed E-state index contributed by atoms with van der Waals surface area (Å²) in [6, 6.07) is 11.5. The van der Waals surface area contributed by atoms with E-state index in [1.165, 1.54) is 5.56 Å². The molecule has 0 aliphatic rings. The first kappa shape index (κ1) is 37.7. The molecular formula is C33H50N4O7. The summed E-state index contributed by atoms with van der Waals surface area (Å²) in [6.45, 7) is 16.2. The molecule has 0 bridgehead atoms. The van der Waals surface area contributed by atoms with Crippen LogP contribution in [-0.2, 0) is 31.9 Å². The fourth-order valence-electron chi connectivity index (χ4n) is 4.14. The predicted octanol–water partition coefficient (Wildman–Crippen LogP) is 4.58. The lowest BCUT2D eigenvalue weighted by molar-refractivity contribution is -0.129. The van der Waals surface area contributed by atoms with Crippen LogP contribution in [0.1, 0.15) is 77.1 Å². The van der Waals surface area contributed by atoms with Gasteiger partial charge in [0, 0.05) is 13.0 Å². The lowest BCUT2D eigenvalue weighted by Crippen LogP contribution is -2.54. The molecule has 44 heavy (non-hydrogen) atoms. The summed E-state index contributed by atoms with van der Waals surface area (Å²) in [7, 11) is 0. The Kier molecular flexibility index (Phi) is 14.7. The van der Waals surface area contributed by atoms with E-state index >= 15 is 0 Å². The SMILES string of the molecule is CC(C)(C)OC(N)=O.Cc1cc(O)cc(C)c1CC(NC(=O)OC(C)(C)C)C(=O)NC(C)C(=O)NCCCc1ccccc1. The van der Waals surface area contributed by atoms with E-state index < -0.39 is 41.4 Å². The largest absolute Gasteiger partial charge is 0.508 e. The maximum atomic E-state index is 13.2. The Labute approximate surface area is 261 Å². The first-order chi connectivity index (χ1) is 20.3. The van der Waals surface area contributed by atoms with Gasteiger partial charge >= 0.3 is 12.2 Å². The Balaban J connectivity index is 0.00000106. The third kappa shape index (κ3) is 15.8. The molecule has 0 saturated carbocycles. The summed E-state index contributed by atoms with van der Waals surface area (Å²) in [5, 5.41) is 18.0. The van der Waals surface area contributed by atoms with Gasteiger partial charge in [0.2, 0.25) is 11.8 Å². The molecule has 6 N–H and O–H groups in total. The molecule has 0 fully saturated rings. The number of benzene rings is 2. The van der Waals surface area contributed by atoms with E-state index in [9.17, 15) is 24.3 Å². The highest BCUT2D eigenvalue weighted by Gasteiger charge is 2.28. The van der Waals surface area contributed by atoms with Crippen molar-refractivity contribution >= 4 is 24.0 Å². The molecule has 11 nitrogen and oxygen atoms in total. The van der Waals surface area contributed by atoms with Gasteiger partial charge in [0.25, 0.3) is 0 Å². The van der Waals surface area contributed by atoms with Crippen LogP contribution in [0.5, 0.6) is 5.75 Å². The molecule has 0 aromatic heterocycles. The summed E-state index contributed by atoms with van der Waals surface area (Å²) in [4.78, 5) is 48.2. The first-order valence-corrected chi connectivity index (χ1v) is 14.7. The fraction of sp³-hybridized carbons (Fsp3) is 0.515. The number of primary amides is 1. The van der Waals surface area contributed by atoms with Crippen molar-refractivity contribution in [2.75, 3.05) is 6.54 Å². The minimum Gasteiger partial charge on any atom is -0.508 e. The number of hydrogen-bond donors (Lipinski definition) is 5. The molecule has 2 rings (SSSR count). The highest BCUT2D eigenvalue weighted by molar-refractivity contribution is 5.91. The number of carbonyl (C=O) groups is 4. The number of phenolic OH excluding ortho intramolecular Hbond substituents is 1. The van der Waals surface area contributed by atoms with Crippen LogP contribution >= 0.6 is 0 Å². The van der Waals surface area contributed by atoms with Crippen LogP contribution < -0.4 is 21.7 Å². The number of aryl methyl sites for hydroxylation is 3. The van der Waals surface area contributed by atoms with E-state index in [2.05, 4.69) is 20.7 Å². The van der Waals surface area contributed by atoms with E-state index in [-0.39, 0.29) is 18.1 Å². The number of phenols is 1. The molecule has 4 amide bonds. The molecule has 11 heteroatoms. The van der Waals surface area contributed by atoms with E-state index in [0.29, 0.717) is 6.54 Å². The Morgan fingerprint density at radius 1 is 0.864 bits per heavy atom. The van der Waals surface area contributed by atoms with Crippen molar-refractivity contribution < 1.29 is 33.8 Å². The molecule has 0 radical (unpaired) electrons. The average Bonchev–Trinajstić information content (AvgIpc) is 2.86. The summed E-state index contributed by atoms with van der Waals surface area (Å²) < 4.78 is 9.92. The molecule has 2 aromatic carbocycles. The van der Waals surface area contributed by atoms with Crippen LogP contribution in [0.4, 0.5) is 9.59 Å². The van der Waals surface area contributed by atoms with Crippen molar-refractivity contribution in [3.63, 3.8) is 0 Å². The molecule has 0 saturated heterocycles. The van der Waals surface area contributed by atoms with Crippen LogP contribution in [0, 0.1) is 13.8 Å². The molecule has 0 aliphatic carbocycles. The molecule has 0 heterocycles. The number of ether oxygens (including phenoxy) is 2. The van der Waals surface area contributed by atoms with Crippen molar-refractivity contribution in [3.8, 4) is 5.75 Å². The first-order valence-electron chi connectivity index (χ1n) is 14.7. The molecule has 0 spiro atoms. The van der Waals surface area contributed by atoms with Crippen molar-refractivity contribution in [2.24, 2.45) is 5.73 Å². The predicted molar refractivity (Wildman–Crippen MR) is 170 cm³/mol. The second-order valence-corrected chi connectivity index (χ2v) is 12.6. The summed E-state index contributed by atoms with van der Waals surface area (Å²) in [5.41, 5.74) is 7.13. The van der Waals surface area contributed by atoms with Crippen molar-refractivity contribution in [1.29, 1.82) is 0 Å². The van der Waals surface area contributed by atoms with Crippen LogP contribution in [0.3, 0.4) is 0 Å². The number of aromatic hydroxyl groups is 1. The molecule has 2 atom stereocenters. The van der Waals surface area contributed by atoms with Gasteiger partial charge in [-0.1, -0.05) is 30.3 Å². The van der Waals surface area contributed by atoms with Gasteiger partial charge in [-0.3, -0.25) is 9.59 Å². The highest BCUT2D eigenvalue weighted by Crippen LogP contribution is 2.22. The number of nitrogens with one attached hydrogen (secondary N) is 3. The monoisotopic (exact) mass is 614 g/mol. The number of carbonyl (C=O) groups excluding carboxylic acids is 4. The molecule has 244 valence electrons. The molecular weight excluding hydrogens is 564 g/mol. The summed E-state index contributed by atoms with van der Waals surface area (Å²) in [6.07, 6.45) is 0.342. The van der Waals surface area contributed by atoms with Gasteiger partial charge in [-0.25, -0.2) is 9.59 Å². The Bertz CT molecular complexity index is 1230. The van der Waals surface area contributed by atoms with Gasteiger partial charge in [0.05, 0.1) is 0 Å². The van der Waals surface area contributed by atoms with E-state index in [1.54, 1.807) is 60.6 Å². The zero-order valence-corrected chi connectivity index (χ0v) is 27.5. The second-order valence-electron chi connectivity index (χ2n) is 12.6. The average molecular weight is 615 g/mol. The number of rotatable bonds is 10. The van der Waals surface area contributed by atoms with Gasteiger partial charge in [0.15, 0.2) is 0 Å². The molecule has 2 aromatic rings. The number of amides is 4. The van der Waals surface area contributed by atoms with Crippen LogP contribution in [0.2, 0.25) is 0 Å². The lowest BCUT2D eigenvalue weighted by atomic mass is 9.95. The Hall–Kier alpha value is -4.28. The van der Waals surface area contributed by atoms with Crippen LogP contribution in [0.15, 0.2) is 42.5 Å². The minimum atomic E-state index is -0.977. The highest BCUT2D eigenvalue weighted by atomic mass is 16.6. The van der Waals surface area contributed by atoms with Crippen LogP contribution in [-0.4, -0.2) is 58.9 Å². The van der Waals surface area contributed by atoms with E-state index in [1.807, 2.05) is 44.2 Å². The quantitative estimate of drug-likeness (QED) is 0.244. The van der Waals surface area contributed by atoms with Gasteiger partial charge in [-0.2, -0.15) is 0 Å². The Morgan fingerprint density at radius 3 is 1.89 bits per heavy atom. The lowest BCUT2D eigenvalue weighted by Gasteiger charge is -2.25. The smallest absolute Gasteiger partial charge is 0.408 e. The third-order valence-electron chi connectivity index (χ3n) is 6.04. The summed E-state index contributed by atoms with van der Waals surface area (Å²) in [5.74, 6) is -0.670. The minimum absolute atomic E-state index is 0.132. The number of nitrogens with two attached hydrogens (primary N) is 1. The third-order valence-corrected chi connectivity index (χ3v) is 6.04. The maximum absolute atomic E-state index is 13.2. The topological polar surface area (TPSA) is 169 Å². The zero-order valence-electron chi connectivity index (χ0n) is 27.5. The van der Waals surface area contributed by atoms with Gasteiger partial charge < -0.3 is 36.3 Å². The zero-order chi connectivity index (χ0) is 33.7. The molecule has 2 unspecified atom stereocenters. The van der Waals surface area contributed by atoms with E-state index in [0.717, 1.165) is 29.5 Å². The molecule has 0 aliphatic heterocycles. The normalized spacial score (nSPS) is 12.5. The second kappa shape index (κ2) is 17.1. The number of hydrogen-bond acceptors (Lipinski definition) is 7.